The first-order valence-electron chi connectivity index (χ1n) is 6.32. The molecule has 0 radical (unpaired) electrons. The third kappa shape index (κ3) is 5.62. The maximum Gasteiger partial charge on any atom is 0.501 e. The highest BCUT2D eigenvalue weighted by Crippen LogP contribution is 2.24. The number of nitrogens with zero attached hydrogens (tertiary/aromatic N) is 1. The summed E-state index contributed by atoms with van der Waals surface area (Å²) in [6.07, 6.45) is 2.82. The van der Waals surface area contributed by atoms with Crippen LogP contribution in [0.4, 0.5) is 0 Å². The maximum absolute atomic E-state index is 5.44. The molecular formula is C13H23NO3SSi. The zero-order valence-corrected chi connectivity index (χ0v) is 13.9. The molecule has 0 N–H and O–H groups in total. The molecule has 6 heteroatoms. The van der Waals surface area contributed by atoms with E-state index < -0.39 is 8.80 Å². The van der Waals surface area contributed by atoms with Crippen molar-refractivity contribution < 1.29 is 13.3 Å². The summed E-state index contributed by atoms with van der Waals surface area (Å²) >= 11 is 1.90. The first-order chi connectivity index (χ1) is 9.15. The van der Waals surface area contributed by atoms with Crippen molar-refractivity contribution in [3.8, 4) is 0 Å². The predicted molar refractivity (Wildman–Crippen MR) is 81.4 cm³/mol. The van der Waals surface area contributed by atoms with E-state index in [2.05, 4.69) is 18.0 Å². The van der Waals surface area contributed by atoms with Crippen molar-refractivity contribution in [2.24, 2.45) is 0 Å². The van der Waals surface area contributed by atoms with Gasteiger partial charge in [-0.25, -0.2) is 0 Å². The Kier molecular flexibility index (Phi) is 7.63. The maximum atomic E-state index is 5.44. The highest BCUT2D eigenvalue weighted by atomic mass is 32.2. The van der Waals surface area contributed by atoms with Gasteiger partial charge in [0, 0.05) is 44.5 Å². The second kappa shape index (κ2) is 8.71. The highest BCUT2D eigenvalue weighted by Gasteiger charge is 2.39. The second-order valence-electron chi connectivity index (χ2n) is 4.25. The molecule has 0 amide bonds. The molecule has 0 unspecified atom stereocenters. The molecule has 0 aliphatic heterocycles. The summed E-state index contributed by atoms with van der Waals surface area (Å²) < 4.78 is 16.3. The lowest BCUT2D eigenvalue weighted by Crippen LogP contribution is -2.44. The molecule has 1 atom stereocenters. The van der Waals surface area contributed by atoms with Gasteiger partial charge in [0.15, 0.2) is 0 Å². The number of aryl methyl sites for hydroxylation is 1. The van der Waals surface area contributed by atoms with E-state index in [0.29, 0.717) is 5.25 Å². The molecule has 108 valence electrons. The quantitative estimate of drug-likeness (QED) is 0.656. The lowest BCUT2D eigenvalue weighted by molar-refractivity contribution is 0.124. The van der Waals surface area contributed by atoms with Crippen LogP contribution in [0.3, 0.4) is 0 Å². The van der Waals surface area contributed by atoms with Crippen LogP contribution < -0.4 is 0 Å². The van der Waals surface area contributed by atoms with Gasteiger partial charge in [-0.3, -0.25) is 4.98 Å². The molecule has 1 aromatic rings. The van der Waals surface area contributed by atoms with Crippen LogP contribution in [0.25, 0.3) is 0 Å². The number of pyridine rings is 1. The van der Waals surface area contributed by atoms with E-state index >= 15 is 0 Å². The lowest BCUT2D eigenvalue weighted by Gasteiger charge is -2.26. The number of rotatable bonds is 9. The van der Waals surface area contributed by atoms with Crippen LogP contribution in [0.5, 0.6) is 0 Å². The van der Waals surface area contributed by atoms with Crippen molar-refractivity contribution in [2.75, 3.05) is 27.1 Å². The second-order valence-corrected chi connectivity index (χ2v) is 8.80. The van der Waals surface area contributed by atoms with Crippen LogP contribution in [0.15, 0.2) is 24.4 Å². The zero-order valence-electron chi connectivity index (χ0n) is 12.1. The predicted octanol–water partition coefficient (Wildman–Crippen LogP) is 2.62. The summed E-state index contributed by atoms with van der Waals surface area (Å²) in [7, 11) is 2.53. The molecule has 0 spiro atoms. The van der Waals surface area contributed by atoms with Crippen molar-refractivity contribution in [3.63, 3.8) is 0 Å². The standard InChI is InChI=1S/C13H23NO3SSi/c1-12(11-19(15-2,16-3)17-4)18-10-8-13-7-5-6-9-14-13/h5-7,9,12H,8,10-11H2,1-4H3/t12-/m0/s1. The molecule has 0 fully saturated rings. The number of hydrogen-bond acceptors (Lipinski definition) is 5. The van der Waals surface area contributed by atoms with Gasteiger partial charge >= 0.3 is 8.80 Å². The fraction of sp³-hybridized carbons (Fsp3) is 0.615. The van der Waals surface area contributed by atoms with Gasteiger partial charge in [-0.15, -0.1) is 0 Å². The van der Waals surface area contributed by atoms with Crippen LogP contribution in [0, 0.1) is 0 Å². The Hall–Kier alpha value is -0.403. The van der Waals surface area contributed by atoms with Crippen molar-refractivity contribution in [2.45, 2.75) is 24.6 Å². The fourth-order valence-electron chi connectivity index (χ4n) is 1.82. The molecule has 0 aliphatic rings. The molecule has 1 rings (SSSR count). The zero-order chi connectivity index (χ0) is 14.1. The topological polar surface area (TPSA) is 40.6 Å². The van der Waals surface area contributed by atoms with Gasteiger partial charge < -0.3 is 13.3 Å². The summed E-state index contributed by atoms with van der Waals surface area (Å²) in [6, 6.07) is 6.84. The minimum Gasteiger partial charge on any atom is -0.377 e. The minimum atomic E-state index is -2.45. The average Bonchev–Trinajstić information content (AvgIpc) is 2.46. The summed E-state index contributed by atoms with van der Waals surface area (Å²) in [6.45, 7) is 2.18. The SMILES string of the molecule is CO[Si](C[C@H](C)SCCc1ccccn1)(OC)OC. The Morgan fingerprint density at radius 2 is 1.89 bits per heavy atom. The minimum absolute atomic E-state index is 0.440. The Morgan fingerprint density at radius 3 is 2.42 bits per heavy atom. The van der Waals surface area contributed by atoms with Crippen molar-refractivity contribution in [1.29, 1.82) is 0 Å². The molecular weight excluding hydrogens is 278 g/mol. The third-order valence-corrected chi connectivity index (χ3v) is 7.41. The van der Waals surface area contributed by atoms with Gasteiger partial charge in [0.05, 0.1) is 0 Å². The third-order valence-electron chi connectivity index (χ3n) is 2.96. The van der Waals surface area contributed by atoms with E-state index in [9.17, 15) is 0 Å². The molecule has 0 saturated carbocycles. The van der Waals surface area contributed by atoms with Crippen LogP contribution in [-0.2, 0) is 19.7 Å². The van der Waals surface area contributed by atoms with E-state index in [1.807, 2.05) is 30.1 Å². The van der Waals surface area contributed by atoms with E-state index in [1.54, 1.807) is 21.3 Å². The van der Waals surface area contributed by atoms with Crippen molar-refractivity contribution in [1.82, 2.24) is 4.98 Å². The van der Waals surface area contributed by atoms with Gasteiger partial charge in [0.25, 0.3) is 0 Å². The number of thioether (sulfide) groups is 1. The summed E-state index contributed by atoms with van der Waals surface area (Å²) in [5.74, 6) is 1.04. The molecule has 0 aromatic carbocycles. The molecule has 4 nitrogen and oxygen atoms in total. The van der Waals surface area contributed by atoms with Crippen LogP contribution >= 0.6 is 11.8 Å². The molecule has 19 heavy (non-hydrogen) atoms. The Labute approximate surface area is 121 Å². The fourth-order valence-corrected chi connectivity index (χ4v) is 5.34. The molecule has 1 aromatic heterocycles. The average molecular weight is 301 g/mol. The molecule has 0 aliphatic carbocycles. The van der Waals surface area contributed by atoms with Crippen LogP contribution in [0.1, 0.15) is 12.6 Å². The number of aromatic nitrogens is 1. The first-order valence-corrected chi connectivity index (χ1v) is 9.31. The van der Waals surface area contributed by atoms with Gasteiger partial charge in [0.2, 0.25) is 0 Å². The van der Waals surface area contributed by atoms with Crippen molar-refractivity contribution in [3.05, 3.63) is 30.1 Å². The molecule has 0 bridgehead atoms. The van der Waals surface area contributed by atoms with Gasteiger partial charge in [-0.2, -0.15) is 11.8 Å². The van der Waals surface area contributed by atoms with E-state index in [1.165, 1.54) is 0 Å². The Bertz CT molecular complexity index is 341. The summed E-state index contributed by atoms with van der Waals surface area (Å²) in [5.41, 5.74) is 1.14. The van der Waals surface area contributed by atoms with Crippen molar-refractivity contribution >= 4 is 20.6 Å². The van der Waals surface area contributed by atoms with E-state index in [4.69, 9.17) is 13.3 Å². The Morgan fingerprint density at radius 1 is 1.21 bits per heavy atom. The van der Waals surface area contributed by atoms with Crippen LogP contribution in [0.2, 0.25) is 6.04 Å². The normalized spacial score (nSPS) is 13.5. The van der Waals surface area contributed by atoms with E-state index in [0.717, 1.165) is 23.9 Å². The van der Waals surface area contributed by atoms with E-state index in [-0.39, 0.29) is 0 Å². The molecule has 1 heterocycles. The lowest BCUT2D eigenvalue weighted by atomic mass is 10.3. The van der Waals surface area contributed by atoms with Gasteiger partial charge in [0.1, 0.15) is 0 Å². The van der Waals surface area contributed by atoms with Crippen LogP contribution in [-0.4, -0.2) is 46.1 Å². The molecule has 0 saturated heterocycles. The summed E-state index contributed by atoms with van der Waals surface area (Å²) in [4.78, 5) is 4.32. The first kappa shape index (κ1) is 16.7. The Balaban J connectivity index is 2.33. The smallest absolute Gasteiger partial charge is 0.377 e. The van der Waals surface area contributed by atoms with Gasteiger partial charge in [-0.05, 0) is 24.3 Å². The largest absolute Gasteiger partial charge is 0.501 e. The monoisotopic (exact) mass is 301 g/mol. The highest BCUT2D eigenvalue weighted by molar-refractivity contribution is 7.99. The van der Waals surface area contributed by atoms with Gasteiger partial charge in [-0.1, -0.05) is 13.0 Å². The number of hydrogen-bond donors (Lipinski definition) is 0. The summed E-state index contributed by atoms with van der Waals surface area (Å²) in [5, 5.41) is 0.440.